The quantitative estimate of drug-likeness (QED) is 0.743. The lowest BCUT2D eigenvalue weighted by atomic mass is 9.91. The molecule has 0 spiro atoms. The van der Waals surface area contributed by atoms with Gasteiger partial charge in [0.2, 0.25) is 0 Å². The molecule has 2 aromatic rings. The van der Waals surface area contributed by atoms with Crippen molar-refractivity contribution in [2.75, 3.05) is 6.54 Å². The normalized spacial score (nSPS) is 12.4. The van der Waals surface area contributed by atoms with Crippen molar-refractivity contribution in [3.05, 3.63) is 69.2 Å². The predicted octanol–water partition coefficient (Wildman–Crippen LogP) is 5.35. The Labute approximate surface area is 136 Å². The molecular weight excluding hydrogens is 322 g/mol. The lowest BCUT2D eigenvalue weighted by molar-refractivity contribution is 0.525. The third kappa shape index (κ3) is 4.42. The molecule has 1 nitrogen and oxygen atoms in total. The molecule has 0 aliphatic rings. The van der Waals surface area contributed by atoms with Crippen LogP contribution in [0.25, 0.3) is 0 Å². The first kappa shape index (κ1) is 16.3. The molecule has 21 heavy (non-hydrogen) atoms. The van der Waals surface area contributed by atoms with Crippen molar-refractivity contribution < 1.29 is 0 Å². The molecule has 1 N–H and O–H groups in total. The van der Waals surface area contributed by atoms with Crippen molar-refractivity contribution in [1.29, 1.82) is 0 Å². The predicted molar refractivity (Wildman–Crippen MR) is 94.8 cm³/mol. The Balaban J connectivity index is 2.27. The van der Waals surface area contributed by atoms with Gasteiger partial charge in [-0.05, 0) is 67.6 Å². The molecule has 0 radical (unpaired) electrons. The van der Waals surface area contributed by atoms with E-state index in [4.69, 9.17) is 0 Å². The molecule has 0 heterocycles. The van der Waals surface area contributed by atoms with Gasteiger partial charge in [0, 0.05) is 10.5 Å². The third-order valence-electron chi connectivity index (χ3n) is 3.88. The molecule has 0 fully saturated rings. The van der Waals surface area contributed by atoms with Gasteiger partial charge in [0.15, 0.2) is 0 Å². The van der Waals surface area contributed by atoms with Crippen molar-refractivity contribution in [2.45, 2.75) is 39.7 Å². The molecule has 0 saturated carbocycles. The average molecular weight is 346 g/mol. The maximum Gasteiger partial charge on any atom is 0.0366 e. The molecule has 1 atom stereocenters. The molecule has 2 rings (SSSR count). The highest BCUT2D eigenvalue weighted by atomic mass is 79.9. The Hall–Kier alpha value is -1.12. The molecule has 1 unspecified atom stereocenters. The standard InChI is InChI=1S/C19H24BrN/c1-4-12-21-18(13-16-8-10-17(20)11-9-16)19-14(2)6-5-7-15(19)3/h5-11,18,21H,4,12-13H2,1-3H3. The fraction of sp³-hybridized carbons (Fsp3) is 0.368. The van der Waals surface area contributed by atoms with Crippen molar-refractivity contribution in [2.24, 2.45) is 0 Å². The number of aryl methyl sites for hydroxylation is 2. The van der Waals surface area contributed by atoms with Gasteiger partial charge in [0.1, 0.15) is 0 Å². The van der Waals surface area contributed by atoms with E-state index in [2.05, 4.69) is 84.5 Å². The van der Waals surface area contributed by atoms with Crippen LogP contribution in [0.5, 0.6) is 0 Å². The summed E-state index contributed by atoms with van der Waals surface area (Å²) in [7, 11) is 0. The third-order valence-corrected chi connectivity index (χ3v) is 4.41. The van der Waals surface area contributed by atoms with E-state index in [9.17, 15) is 0 Å². The summed E-state index contributed by atoms with van der Waals surface area (Å²) in [6, 6.07) is 15.6. The van der Waals surface area contributed by atoms with Crippen LogP contribution in [-0.4, -0.2) is 6.54 Å². The van der Waals surface area contributed by atoms with Gasteiger partial charge in [-0.3, -0.25) is 0 Å². The van der Waals surface area contributed by atoms with Crippen LogP contribution in [0.2, 0.25) is 0 Å². The lowest BCUT2D eigenvalue weighted by Crippen LogP contribution is -2.25. The second kappa shape index (κ2) is 7.77. The molecular formula is C19H24BrN. The second-order valence-electron chi connectivity index (χ2n) is 5.64. The van der Waals surface area contributed by atoms with Crippen LogP contribution in [0, 0.1) is 13.8 Å². The van der Waals surface area contributed by atoms with Crippen LogP contribution in [-0.2, 0) is 6.42 Å². The minimum atomic E-state index is 0.382. The molecule has 0 aromatic heterocycles. The number of benzene rings is 2. The highest BCUT2D eigenvalue weighted by Crippen LogP contribution is 2.25. The highest BCUT2D eigenvalue weighted by molar-refractivity contribution is 9.10. The Bertz CT molecular complexity index is 554. The molecule has 2 heteroatoms. The summed E-state index contributed by atoms with van der Waals surface area (Å²) in [5.74, 6) is 0. The van der Waals surface area contributed by atoms with E-state index in [0.717, 1.165) is 23.9 Å². The molecule has 2 aromatic carbocycles. The van der Waals surface area contributed by atoms with Crippen LogP contribution in [0.1, 0.15) is 41.6 Å². The second-order valence-corrected chi connectivity index (χ2v) is 6.56. The van der Waals surface area contributed by atoms with Crippen LogP contribution >= 0.6 is 15.9 Å². The van der Waals surface area contributed by atoms with E-state index in [0.29, 0.717) is 6.04 Å². The van der Waals surface area contributed by atoms with Crippen LogP contribution in [0.15, 0.2) is 46.9 Å². The van der Waals surface area contributed by atoms with Gasteiger partial charge < -0.3 is 5.32 Å². The summed E-state index contributed by atoms with van der Waals surface area (Å²) < 4.78 is 1.14. The van der Waals surface area contributed by atoms with E-state index < -0.39 is 0 Å². The van der Waals surface area contributed by atoms with Gasteiger partial charge in [-0.15, -0.1) is 0 Å². The van der Waals surface area contributed by atoms with Crippen molar-refractivity contribution >= 4 is 15.9 Å². The Morgan fingerprint density at radius 2 is 1.62 bits per heavy atom. The molecule has 0 aliphatic heterocycles. The summed E-state index contributed by atoms with van der Waals surface area (Å²) in [5, 5.41) is 3.72. The first-order chi connectivity index (χ1) is 10.1. The zero-order valence-electron chi connectivity index (χ0n) is 13.1. The minimum absolute atomic E-state index is 0.382. The van der Waals surface area contributed by atoms with E-state index in [1.807, 2.05) is 0 Å². The van der Waals surface area contributed by atoms with Gasteiger partial charge in [-0.2, -0.15) is 0 Å². The van der Waals surface area contributed by atoms with Gasteiger partial charge in [0.25, 0.3) is 0 Å². The van der Waals surface area contributed by atoms with E-state index in [1.54, 1.807) is 0 Å². The topological polar surface area (TPSA) is 12.0 Å². The minimum Gasteiger partial charge on any atom is -0.310 e. The summed E-state index contributed by atoms with van der Waals surface area (Å²) in [4.78, 5) is 0. The van der Waals surface area contributed by atoms with Crippen molar-refractivity contribution in [1.82, 2.24) is 5.32 Å². The fourth-order valence-electron chi connectivity index (χ4n) is 2.83. The average Bonchev–Trinajstić information content (AvgIpc) is 2.46. The SMILES string of the molecule is CCCNC(Cc1ccc(Br)cc1)c1c(C)cccc1C. The van der Waals surface area contributed by atoms with E-state index in [-0.39, 0.29) is 0 Å². The largest absolute Gasteiger partial charge is 0.310 e. The maximum absolute atomic E-state index is 3.72. The van der Waals surface area contributed by atoms with Crippen LogP contribution < -0.4 is 5.32 Å². The van der Waals surface area contributed by atoms with Gasteiger partial charge in [0.05, 0.1) is 0 Å². The maximum atomic E-state index is 3.72. The molecule has 0 saturated heterocycles. The number of halogens is 1. The van der Waals surface area contributed by atoms with Crippen molar-refractivity contribution in [3.63, 3.8) is 0 Å². The van der Waals surface area contributed by atoms with Gasteiger partial charge >= 0.3 is 0 Å². The zero-order valence-corrected chi connectivity index (χ0v) is 14.7. The summed E-state index contributed by atoms with van der Waals surface area (Å²) in [6.45, 7) is 7.69. The summed E-state index contributed by atoms with van der Waals surface area (Å²) in [6.07, 6.45) is 2.18. The number of nitrogens with one attached hydrogen (secondary N) is 1. The van der Waals surface area contributed by atoms with Gasteiger partial charge in [-0.25, -0.2) is 0 Å². The Morgan fingerprint density at radius 3 is 2.19 bits per heavy atom. The Kier molecular flexibility index (Phi) is 6.01. The van der Waals surface area contributed by atoms with Crippen molar-refractivity contribution in [3.8, 4) is 0 Å². The van der Waals surface area contributed by atoms with E-state index in [1.165, 1.54) is 22.3 Å². The zero-order chi connectivity index (χ0) is 15.2. The van der Waals surface area contributed by atoms with Crippen LogP contribution in [0.3, 0.4) is 0 Å². The first-order valence-electron chi connectivity index (χ1n) is 7.65. The van der Waals surface area contributed by atoms with Crippen LogP contribution in [0.4, 0.5) is 0 Å². The monoisotopic (exact) mass is 345 g/mol. The summed E-state index contributed by atoms with van der Waals surface area (Å²) >= 11 is 3.51. The van der Waals surface area contributed by atoms with E-state index >= 15 is 0 Å². The molecule has 0 amide bonds. The van der Waals surface area contributed by atoms with Gasteiger partial charge in [-0.1, -0.05) is 53.2 Å². The first-order valence-corrected chi connectivity index (χ1v) is 8.45. The molecule has 0 bridgehead atoms. The lowest BCUT2D eigenvalue weighted by Gasteiger charge is -2.23. The highest BCUT2D eigenvalue weighted by Gasteiger charge is 2.15. The molecule has 0 aliphatic carbocycles. The smallest absolute Gasteiger partial charge is 0.0366 e. The number of hydrogen-bond acceptors (Lipinski definition) is 1. The number of hydrogen-bond donors (Lipinski definition) is 1. The fourth-order valence-corrected chi connectivity index (χ4v) is 3.09. The Morgan fingerprint density at radius 1 is 1.00 bits per heavy atom. The molecule has 112 valence electrons. The number of rotatable bonds is 6. The summed E-state index contributed by atoms with van der Waals surface area (Å²) in [5.41, 5.74) is 5.57.